The summed E-state index contributed by atoms with van der Waals surface area (Å²) in [6.45, 7) is 0.436. The second kappa shape index (κ2) is 6.81. The van der Waals surface area contributed by atoms with Crippen molar-refractivity contribution in [3.05, 3.63) is 44.7 Å². The number of nitrogens with one attached hydrogen (secondary N) is 2. The van der Waals surface area contributed by atoms with E-state index in [-0.39, 0.29) is 29.9 Å². The summed E-state index contributed by atoms with van der Waals surface area (Å²) in [7, 11) is 0. The summed E-state index contributed by atoms with van der Waals surface area (Å²) in [4.78, 5) is 26.8. The first-order chi connectivity index (χ1) is 10.1. The lowest BCUT2D eigenvalue weighted by Gasteiger charge is -2.12. The minimum atomic E-state index is -0.300. The summed E-state index contributed by atoms with van der Waals surface area (Å²) in [5.74, 6) is 0.260. The van der Waals surface area contributed by atoms with Crippen LogP contribution >= 0.6 is 28.3 Å². The number of rotatable bonds is 4. The molecule has 1 aliphatic carbocycles. The molecule has 1 amide bonds. The third-order valence-corrected chi connectivity index (χ3v) is 4.46. The lowest BCUT2D eigenvalue weighted by atomic mass is 10.1. The number of benzene rings is 1. The lowest BCUT2D eigenvalue weighted by Crippen LogP contribution is -2.38. The fraction of sp³-hybridized carbons (Fsp3) is 0.333. The summed E-state index contributed by atoms with van der Waals surface area (Å²) in [5, 5.41) is 3.54. The number of hydrogen-bond acceptors (Lipinski definition) is 3. The van der Waals surface area contributed by atoms with Crippen molar-refractivity contribution in [1.82, 2.24) is 10.3 Å². The van der Waals surface area contributed by atoms with Crippen LogP contribution in [0.15, 0.2) is 33.5 Å². The number of halogens is 2. The van der Waals surface area contributed by atoms with Gasteiger partial charge in [-0.3, -0.25) is 9.59 Å². The predicted molar refractivity (Wildman–Crippen MR) is 92.5 cm³/mol. The zero-order chi connectivity index (χ0) is 15.0. The quantitative estimate of drug-likeness (QED) is 0.752. The van der Waals surface area contributed by atoms with Crippen LogP contribution in [0.25, 0.3) is 10.9 Å². The number of para-hydroxylation sites is 1. The van der Waals surface area contributed by atoms with Crippen LogP contribution < -0.4 is 16.6 Å². The largest absolute Gasteiger partial charge is 0.350 e. The first kappa shape index (κ1) is 17.0. The SMILES string of the molecule is Cl.NC(CNC(=O)c1cc(=O)[nH]c2c(Br)cccc12)C1CC1. The van der Waals surface area contributed by atoms with Gasteiger partial charge in [-0.15, -0.1) is 12.4 Å². The molecule has 1 aromatic heterocycles. The van der Waals surface area contributed by atoms with E-state index in [1.54, 1.807) is 0 Å². The summed E-state index contributed by atoms with van der Waals surface area (Å²) < 4.78 is 0.751. The minimum Gasteiger partial charge on any atom is -0.350 e. The number of aromatic amines is 1. The highest BCUT2D eigenvalue weighted by molar-refractivity contribution is 9.10. The van der Waals surface area contributed by atoms with Crippen molar-refractivity contribution < 1.29 is 4.79 Å². The average molecular weight is 387 g/mol. The molecule has 3 rings (SSSR count). The second-order valence-electron chi connectivity index (χ2n) is 5.42. The van der Waals surface area contributed by atoms with Gasteiger partial charge in [0.1, 0.15) is 0 Å². The fourth-order valence-corrected chi connectivity index (χ4v) is 2.89. The molecule has 1 heterocycles. The van der Waals surface area contributed by atoms with Gasteiger partial charge in [0.25, 0.3) is 5.91 Å². The molecule has 4 N–H and O–H groups in total. The highest BCUT2D eigenvalue weighted by Gasteiger charge is 2.28. The van der Waals surface area contributed by atoms with E-state index in [1.165, 1.54) is 6.07 Å². The number of nitrogens with two attached hydrogens (primary N) is 1. The Morgan fingerprint density at radius 2 is 2.18 bits per heavy atom. The van der Waals surface area contributed by atoms with E-state index in [4.69, 9.17) is 5.73 Å². The van der Waals surface area contributed by atoms with Gasteiger partial charge in [-0.05, 0) is 40.8 Å². The molecule has 1 atom stereocenters. The van der Waals surface area contributed by atoms with Crippen LogP contribution in [-0.4, -0.2) is 23.5 Å². The van der Waals surface area contributed by atoms with Crippen LogP contribution in [0, 0.1) is 5.92 Å². The molecular formula is C15H17BrClN3O2. The smallest absolute Gasteiger partial charge is 0.252 e. The van der Waals surface area contributed by atoms with E-state index in [0.29, 0.717) is 28.9 Å². The lowest BCUT2D eigenvalue weighted by molar-refractivity contribution is 0.0952. The minimum absolute atomic E-state index is 0. The van der Waals surface area contributed by atoms with Gasteiger partial charge in [-0.1, -0.05) is 12.1 Å². The van der Waals surface area contributed by atoms with Crippen LogP contribution in [0.1, 0.15) is 23.2 Å². The molecule has 1 fully saturated rings. The molecule has 118 valence electrons. The molecule has 0 bridgehead atoms. The van der Waals surface area contributed by atoms with Crippen LogP contribution in [0.4, 0.5) is 0 Å². The van der Waals surface area contributed by atoms with E-state index < -0.39 is 0 Å². The average Bonchev–Trinajstić information content (AvgIpc) is 3.29. The van der Waals surface area contributed by atoms with Crippen molar-refractivity contribution in [2.24, 2.45) is 11.7 Å². The summed E-state index contributed by atoms with van der Waals surface area (Å²) in [6.07, 6.45) is 2.27. The van der Waals surface area contributed by atoms with E-state index in [1.807, 2.05) is 18.2 Å². The Labute approximate surface area is 142 Å². The van der Waals surface area contributed by atoms with Gasteiger partial charge in [0.2, 0.25) is 5.56 Å². The Hall–Kier alpha value is -1.37. The molecule has 1 unspecified atom stereocenters. The zero-order valence-electron chi connectivity index (χ0n) is 11.8. The van der Waals surface area contributed by atoms with Crippen LogP contribution in [0.5, 0.6) is 0 Å². The second-order valence-corrected chi connectivity index (χ2v) is 6.28. The van der Waals surface area contributed by atoms with Gasteiger partial charge in [-0.2, -0.15) is 0 Å². The maximum absolute atomic E-state index is 12.3. The number of fused-ring (bicyclic) bond motifs is 1. The molecule has 22 heavy (non-hydrogen) atoms. The number of aromatic nitrogens is 1. The van der Waals surface area contributed by atoms with Crippen LogP contribution in [-0.2, 0) is 0 Å². The zero-order valence-corrected chi connectivity index (χ0v) is 14.2. The number of carbonyl (C=O) groups excluding carboxylic acids is 1. The van der Waals surface area contributed by atoms with E-state index in [9.17, 15) is 9.59 Å². The van der Waals surface area contributed by atoms with Crippen LogP contribution in [0.2, 0.25) is 0 Å². The third-order valence-electron chi connectivity index (χ3n) is 3.80. The number of pyridine rings is 1. The maximum atomic E-state index is 12.3. The molecular weight excluding hydrogens is 370 g/mol. The Kier molecular flexibility index (Phi) is 5.26. The normalized spacial score (nSPS) is 15.2. The van der Waals surface area contributed by atoms with Crippen molar-refractivity contribution >= 4 is 45.1 Å². The predicted octanol–water partition coefficient (Wildman–Crippen LogP) is 2.18. The molecule has 0 saturated heterocycles. The molecule has 1 saturated carbocycles. The van der Waals surface area contributed by atoms with Gasteiger partial charge < -0.3 is 16.0 Å². The van der Waals surface area contributed by atoms with E-state index in [2.05, 4.69) is 26.2 Å². The highest BCUT2D eigenvalue weighted by Crippen LogP contribution is 2.31. The molecule has 2 aromatic rings. The molecule has 1 aliphatic rings. The maximum Gasteiger partial charge on any atom is 0.252 e. The van der Waals surface area contributed by atoms with Crippen molar-refractivity contribution in [1.29, 1.82) is 0 Å². The topological polar surface area (TPSA) is 88.0 Å². The number of amides is 1. The van der Waals surface area contributed by atoms with Gasteiger partial charge in [-0.25, -0.2) is 0 Å². The molecule has 0 spiro atoms. The van der Waals surface area contributed by atoms with E-state index in [0.717, 1.165) is 17.3 Å². The summed E-state index contributed by atoms with van der Waals surface area (Å²) in [5.41, 5.74) is 6.68. The fourth-order valence-electron chi connectivity index (χ4n) is 2.43. The molecule has 5 nitrogen and oxygen atoms in total. The van der Waals surface area contributed by atoms with Crippen molar-refractivity contribution in [3.63, 3.8) is 0 Å². The van der Waals surface area contributed by atoms with Crippen molar-refractivity contribution in [2.45, 2.75) is 18.9 Å². The molecule has 0 radical (unpaired) electrons. The van der Waals surface area contributed by atoms with Crippen molar-refractivity contribution in [2.75, 3.05) is 6.54 Å². The molecule has 7 heteroatoms. The Balaban J connectivity index is 0.00000176. The number of hydrogen-bond donors (Lipinski definition) is 3. The monoisotopic (exact) mass is 385 g/mol. The highest BCUT2D eigenvalue weighted by atomic mass is 79.9. The standard InChI is InChI=1S/C15H16BrN3O2.ClH/c16-11-3-1-2-9-10(6-13(20)19-14(9)11)15(21)18-7-12(17)8-4-5-8;/h1-3,6,8,12H,4-5,7,17H2,(H,18,21)(H,19,20);1H. The molecule has 1 aromatic carbocycles. The van der Waals surface area contributed by atoms with Gasteiger partial charge in [0, 0.05) is 28.5 Å². The van der Waals surface area contributed by atoms with Gasteiger partial charge >= 0.3 is 0 Å². The van der Waals surface area contributed by atoms with Gasteiger partial charge in [0.15, 0.2) is 0 Å². The van der Waals surface area contributed by atoms with E-state index >= 15 is 0 Å². The Morgan fingerprint density at radius 1 is 1.45 bits per heavy atom. The molecule has 0 aliphatic heterocycles. The Bertz CT molecular complexity index is 758. The third kappa shape index (κ3) is 3.51. The Morgan fingerprint density at radius 3 is 2.86 bits per heavy atom. The first-order valence-electron chi connectivity index (χ1n) is 6.91. The van der Waals surface area contributed by atoms with Gasteiger partial charge in [0.05, 0.1) is 11.1 Å². The summed E-state index contributed by atoms with van der Waals surface area (Å²) >= 11 is 3.38. The van der Waals surface area contributed by atoms with Crippen molar-refractivity contribution in [3.8, 4) is 0 Å². The summed E-state index contributed by atoms with van der Waals surface area (Å²) in [6, 6.07) is 6.79. The first-order valence-corrected chi connectivity index (χ1v) is 7.71. The van der Waals surface area contributed by atoms with Crippen LogP contribution in [0.3, 0.4) is 0 Å². The number of H-pyrrole nitrogens is 1. The number of carbonyl (C=O) groups is 1.